The topological polar surface area (TPSA) is 66.5 Å². The van der Waals surface area contributed by atoms with Crippen LogP contribution in [0.2, 0.25) is 0 Å². The van der Waals surface area contributed by atoms with Gasteiger partial charge in [-0.1, -0.05) is 30.3 Å². The summed E-state index contributed by atoms with van der Waals surface area (Å²) in [6, 6.07) is 12.4. The fourth-order valence-corrected chi connectivity index (χ4v) is 2.83. The van der Waals surface area contributed by atoms with E-state index in [1.807, 2.05) is 32.0 Å². The van der Waals surface area contributed by atoms with Crippen LogP contribution in [0.4, 0.5) is 11.4 Å². The maximum atomic E-state index is 12.6. The summed E-state index contributed by atoms with van der Waals surface area (Å²) in [6.07, 6.45) is 1.10. The van der Waals surface area contributed by atoms with E-state index in [9.17, 15) is 13.2 Å². The molecule has 5 nitrogen and oxygen atoms in total. The van der Waals surface area contributed by atoms with Crippen molar-refractivity contribution in [2.24, 2.45) is 0 Å². The summed E-state index contributed by atoms with van der Waals surface area (Å²) in [5.74, 6) is -0.339. The first-order chi connectivity index (χ1) is 10.7. The first-order valence-electron chi connectivity index (χ1n) is 7.12. The van der Waals surface area contributed by atoms with Gasteiger partial charge in [-0.2, -0.15) is 0 Å². The minimum absolute atomic E-state index is 0.308. The fraction of sp³-hybridized carbons (Fsp3) is 0.235. The molecule has 6 heteroatoms. The molecule has 2 rings (SSSR count). The van der Waals surface area contributed by atoms with Crippen LogP contribution in [0.25, 0.3) is 0 Å². The Labute approximate surface area is 137 Å². The molecular formula is C17H20N2O3S. The highest BCUT2D eigenvalue weighted by atomic mass is 32.2. The van der Waals surface area contributed by atoms with Crippen LogP contribution >= 0.6 is 0 Å². The second kappa shape index (κ2) is 6.42. The fourth-order valence-electron chi connectivity index (χ4n) is 2.31. The van der Waals surface area contributed by atoms with E-state index in [2.05, 4.69) is 5.32 Å². The maximum absolute atomic E-state index is 12.6. The maximum Gasteiger partial charge on any atom is 0.257 e. The molecule has 0 fully saturated rings. The van der Waals surface area contributed by atoms with Gasteiger partial charge in [0.1, 0.15) is 0 Å². The van der Waals surface area contributed by atoms with Crippen LogP contribution in [0.3, 0.4) is 0 Å². The van der Waals surface area contributed by atoms with Crippen molar-refractivity contribution in [1.29, 1.82) is 0 Å². The van der Waals surface area contributed by atoms with Crippen LogP contribution in [0.15, 0.2) is 42.5 Å². The van der Waals surface area contributed by atoms with E-state index in [0.717, 1.165) is 27.4 Å². The van der Waals surface area contributed by atoms with E-state index < -0.39 is 10.0 Å². The number of para-hydroxylation sites is 2. The van der Waals surface area contributed by atoms with Crippen LogP contribution in [-0.2, 0) is 10.0 Å². The number of carbonyl (C=O) groups is 1. The molecule has 0 aromatic heterocycles. The molecule has 0 saturated heterocycles. The van der Waals surface area contributed by atoms with Crippen molar-refractivity contribution in [3.8, 4) is 0 Å². The van der Waals surface area contributed by atoms with E-state index in [0.29, 0.717) is 11.3 Å². The summed E-state index contributed by atoms with van der Waals surface area (Å²) in [5, 5.41) is 2.88. The van der Waals surface area contributed by atoms with Crippen molar-refractivity contribution in [2.45, 2.75) is 13.8 Å². The van der Waals surface area contributed by atoms with Crippen LogP contribution in [0, 0.1) is 13.8 Å². The number of nitrogens with one attached hydrogen (secondary N) is 1. The smallest absolute Gasteiger partial charge is 0.257 e. The number of carbonyl (C=O) groups excluding carboxylic acids is 1. The molecule has 0 atom stereocenters. The third-order valence-electron chi connectivity index (χ3n) is 3.71. The number of aryl methyl sites for hydroxylation is 2. The number of amides is 1. The second-order valence-electron chi connectivity index (χ2n) is 5.47. The van der Waals surface area contributed by atoms with E-state index in [-0.39, 0.29) is 5.91 Å². The molecule has 2 aromatic rings. The lowest BCUT2D eigenvalue weighted by atomic mass is 10.1. The lowest BCUT2D eigenvalue weighted by Crippen LogP contribution is -2.27. The van der Waals surface area contributed by atoms with Gasteiger partial charge >= 0.3 is 0 Å². The van der Waals surface area contributed by atoms with Crippen LogP contribution in [-0.4, -0.2) is 27.6 Å². The molecule has 0 aliphatic rings. The van der Waals surface area contributed by atoms with Gasteiger partial charge in [-0.25, -0.2) is 8.42 Å². The van der Waals surface area contributed by atoms with Gasteiger partial charge < -0.3 is 5.32 Å². The van der Waals surface area contributed by atoms with Crippen molar-refractivity contribution in [1.82, 2.24) is 0 Å². The highest BCUT2D eigenvalue weighted by molar-refractivity contribution is 7.92. The summed E-state index contributed by atoms with van der Waals surface area (Å²) >= 11 is 0. The molecular weight excluding hydrogens is 312 g/mol. The highest BCUT2D eigenvalue weighted by Crippen LogP contribution is 2.25. The zero-order chi connectivity index (χ0) is 17.2. The van der Waals surface area contributed by atoms with Gasteiger partial charge in [-0.3, -0.25) is 9.10 Å². The Morgan fingerprint density at radius 1 is 1.00 bits per heavy atom. The Morgan fingerprint density at radius 2 is 1.57 bits per heavy atom. The normalized spacial score (nSPS) is 11.1. The van der Waals surface area contributed by atoms with E-state index in [1.165, 1.54) is 7.05 Å². The predicted molar refractivity (Wildman–Crippen MR) is 93.6 cm³/mol. The average Bonchev–Trinajstić information content (AvgIpc) is 2.49. The van der Waals surface area contributed by atoms with Crippen LogP contribution in [0.1, 0.15) is 21.5 Å². The van der Waals surface area contributed by atoms with Crippen molar-refractivity contribution in [3.63, 3.8) is 0 Å². The van der Waals surface area contributed by atoms with Gasteiger partial charge in [-0.15, -0.1) is 0 Å². The molecule has 0 radical (unpaired) electrons. The molecule has 122 valence electrons. The van der Waals surface area contributed by atoms with E-state index >= 15 is 0 Å². The SMILES string of the molecule is Cc1cccc(C)c1NC(=O)c1ccccc1N(C)S(C)(=O)=O. The number of sulfonamides is 1. The molecule has 0 bridgehead atoms. The standard InChI is InChI=1S/C17H20N2O3S/c1-12-8-7-9-13(2)16(12)18-17(20)14-10-5-6-11-15(14)19(3)23(4,21)22/h5-11H,1-4H3,(H,18,20). The number of rotatable bonds is 4. The quantitative estimate of drug-likeness (QED) is 0.936. The van der Waals surface area contributed by atoms with Crippen molar-refractivity contribution < 1.29 is 13.2 Å². The largest absolute Gasteiger partial charge is 0.321 e. The second-order valence-corrected chi connectivity index (χ2v) is 7.48. The average molecular weight is 332 g/mol. The number of hydrogen-bond donors (Lipinski definition) is 1. The van der Waals surface area contributed by atoms with Gasteiger partial charge in [0, 0.05) is 12.7 Å². The zero-order valence-electron chi connectivity index (χ0n) is 13.6. The van der Waals surface area contributed by atoms with E-state index in [1.54, 1.807) is 24.3 Å². The molecule has 1 amide bonds. The summed E-state index contributed by atoms with van der Waals surface area (Å²) < 4.78 is 24.6. The lowest BCUT2D eigenvalue weighted by molar-refractivity contribution is 0.102. The summed E-state index contributed by atoms with van der Waals surface area (Å²) in [7, 11) is -2.02. The Kier molecular flexibility index (Phi) is 4.75. The number of benzene rings is 2. The molecule has 0 saturated carbocycles. The Hall–Kier alpha value is -2.34. The number of hydrogen-bond acceptors (Lipinski definition) is 3. The minimum Gasteiger partial charge on any atom is -0.321 e. The molecule has 0 heterocycles. The van der Waals surface area contributed by atoms with Gasteiger partial charge in [0.05, 0.1) is 17.5 Å². The lowest BCUT2D eigenvalue weighted by Gasteiger charge is -2.20. The molecule has 0 aliphatic carbocycles. The Bertz CT molecular complexity index is 824. The third kappa shape index (κ3) is 3.71. The molecule has 23 heavy (non-hydrogen) atoms. The monoisotopic (exact) mass is 332 g/mol. The third-order valence-corrected chi connectivity index (χ3v) is 4.90. The van der Waals surface area contributed by atoms with Gasteiger partial charge in [0.25, 0.3) is 5.91 Å². The summed E-state index contributed by atoms with van der Waals surface area (Å²) in [4.78, 5) is 12.6. The number of anilines is 2. The first kappa shape index (κ1) is 17.0. The van der Waals surface area contributed by atoms with Gasteiger partial charge in [0.15, 0.2) is 0 Å². The molecule has 0 unspecified atom stereocenters. The van der Waals surface area contributed by atoms with E-state index in [4.69, 9.17) is 0 Å². The number of nitrogens with zero attached hydrogens (tertiary/aromatic N) is 1. The van der Waals surface area contributed by atoms with Crippen LogP contribution < -0.4 is 9.62 Å². The van der Waals surface area contributed by atoms with Gasteiger partial charge in [0.2, 0.25) is 10.0 Å². The Balaban J connectivity index is 2.42. The molecule has 2 aromatic carbocycles. The minimum atomic E-state index is -3.45. The highest BCUT2D eigenvalue weighted by Gasteiger charge is 2.20. The first-order valence-corrected chi connectivity index (χ1v) is 8.97. The zero-order valence-corrected chi connectivity index (χ0v) is 14.4. The summed E-state index contributed by atoms with van der Waals surface area (Å²) in [5.41, 5.74) is 3.30. The molecule has 1 N–H and O–H groups in total. The van der Waals surface area contributed by atoms with Crippen molar-refractivity contribution in [3.05, 3.63) is 59.2 Å². The van der Waals surface area contributed by atoms with Gasteiger partial charge in [-0.05, 0) is 37.1 Å². The molecule has 0 aliphatic heterocycles. The predicted octanol–water partition coefficient (Wildman–Crippen LogP) is 2.95. The van der Waals surface area contributed by atoms with Crippen molar-refractivity contribution >= 4 is 27.3 Å². The molecule has 0 spiro atoms. The van der Waals surface area contributed by atoms with Crippen LogP contribution in [0.5, 0.6) is 0 Å². The van der Waals surface area contributed by atoms with Crippen molar-refractivity contribution in [2.75, 3.05) is 22.9 Å². The Morgan fingerprint density at radius 3 is 2.13 bits per heavy atom. The summed E-state index contributed by atoms with van der Waals surface area (Å²) in [6.45, 7) is 3.83.